The Morgan fingerprint density at radius 3 is 2.16 bits per heavy atom. The average molecular weight is 258 g/mol. The molecule has 0 saturated heterocycles. The summed E-state index contributed by atoms with van der Waals surface area (Å²) in [6.07, 6.45) is -0.342. The number of rotatable bonds is 7. The second-order valence-electron chi connectivity index (χ2n) is 4.24. The van der Waals surface area contributed by atoms with Gasteiger partial charge in [0.1, 0.15) is 11.9 Å². The molecular weight excluding hydrogens is 240 g/mol. The van der Waals surface area contributed by atoms with Gasteiger partial charge < -0.3 is 14.6 Å². The molecule has 0 aliphatic carbocycles. The Kier molecular flexibility index (Phi) is 5.41. The van der Waals surface area contributed by atoms with Crippen LogP contribution >= 0.6 is 0 Å². The van der Waals surface area contributed by atoms with Crippen molar-refractivity contribution in [1.29, 1.82) is 0 Å². The number of hydrogen-bond acceptors (Lipinski definition) is 3. The van der Waals surface area contributed by atoms with Crippen molar-refractivity contribution in [1.82, 2.24) is 0 Å². The lowest BCUT2D eigenvalue weighted by Gasteiger charge is -2.17. The van der Waals surface area contributed by atoms with Gasteiger partial charge in [-0.3, -0.25) is 0 Å². The zero-order valence-electron chi connectivity index (χ0n) is 10.7. The van der Waals surface area contributed by atoms with Gasteiger partial charge in [-0.25, -0.2) is 0 Å². The minimum atomic E-state index is -0.342. The van der Waals surface area contributed by atoms with Crippen LogP contribution < -0.4 is 4.74 Å². The van der Waals surface area contributed by atoms with Crippen LogP contribution in [0.1, 0.15) is 5.56 Å². The number of para-hydroxylation sites is 1. The summed E-state index contributed by atoms with van der Waals surface area (Å²) in [6, 6.07) is 19.4. The second-order valence-corrected chi connectivity index (χ2v) is 4.24. The van der Waals surface area contributed by atoms with Crippen LogP contribution in [0.3, 0.4) is 0 Å². The van der Waals surface area contributed by atoms with Crippen molar-refractivity contribution in [2.75, 3.05) is 13.2 Å². The van der Waals surface area contributed by atoms with Crippen LogP contribution in [-0.4, -0.2) is 24.4 Å². The van der Waals surface area contributed by atoms with E-state index in [4.69, 9.17) is 9.47 Å². The summed E-state index contributed by atoms with van der Waals surface area (Å²) in [7, 11) is 0. The fourth-order valence-electron chi connectivity index (χ4n) is 1.70. The topological polar surface area (TPSA) is 38.7 Å². The molecule has 0 spiro atoms. The Morgan fingerprint density at radius 2 is 1.53 bits per heavy atom. The predicted molar refractivity (Wildman–Crippen MR) is 74.0 cm³/mol. The summed E-state index contributed by atoms with van der Waals surface area (Å²) in [5.41, 5.74) is 1.11. The van der Waals surface area contributed by atoms with Gasteiger partial charge in [-0.2, -0.15) is 0 Å². The highest BCUT2D eigenvalue weighted by molar-refractivity contribution is 5.21. The molecule has 0 saturated carbocycles. The number of benzene rings is 2. The third-order valence-corrected chi connectivity index (χ3v) is 2.66. The maximum Gasteiger partial charge on any atom is 0.145 e. The van der Waals surface area contributed by atoms with Gasteiger partial charge in [0.2, 0.25) is 0 Å². The van der Waals surface area contributed by atoms with Crippen molar-refractivity contribution in [3.63, 3.8) is 0 Å². The van der Waals surface area contributed by atoms with Crippen LogP contribution in [0.15, 0.2) is 60.7 Å². The molecular formula is C16H18O3. The van der Waals surface area contributed by atoms with Crippen LogP contribution in [0.25, 0.3) is 0 Å². The molecule has 0 aromatic heterocycles. The van der Waals surface area contributed by atoms with E-state index in [2.05, 4.69) is 0 Å². The molecule has 0 radical (unpaired) electrons. The lowest BCUT2D eigenvalue weighted by molar-refractivity contribution is 0.0133. The molecule has 0 unspecified atom stereocenters. The molecule has 2 aromatic carbocycles. The van der Waals surface area contributed by atoms with Crippen molar-refractivity contribution in [2.24, 2.45) is 0 Å². The van der Waals surface area contributed by atoms with Crippen LogP contribution in [0.5, 0.6) is 5.75 Å². The smallest absolute Gasteiger partial charge is 0.145 e. The van der Waals surface area contributed by atoms with Crippen molar-refractivity contribution >= 4 is 0 Å². The fourth-order valence-corrected chi connectivity index (χ4v) is 1.70. The highest BCUT2D eigenvalue weighted by atomic mass is 16.5. The standard InChI is InChI=1S/C16H18O3/c17-11-16(19-15-9-5-2-6-10-15)13-18-12-14-7-3-1-4-8-14/h1-10,16-17H,11-13H2/t16-/m0/s1. The van der Waals surface area contributed by atoms with Gasteiger partial charge in [-0.05, 0) is 17.7 Å². The normalized spacial score (nSPS) is 12.1. The number of aliphatic hydroxyl groups is 1. The monoisotopic (exact) mass is 258 g/mol. The summed E-state index contributed by atoms with van der Waals surface area (Å²) in [6.45, 7) is 0.819. The van der Waals surface area contributed by atoms with Gasteiger partial charge in [-0.15, -0.1) is 0 Å². The van der Waals surface area contributed by atoms with Gasteiger partial charge in [0.15, 0.2) is 0 Å². The molecule has 0 amide bonds. The molecule has 0 bridgehead atoms. The molecule has 2 aromatic rings. The summed E-state index contributed by atoms with van der Waals surface area (Å²) in [5, 5.41) is 9.28. The first-order chi connectivity index (χ1) is 9.38. The van der Waals surface area contributed by atoms with Gasteiger partial charge in [0, 0.05) is 0 Å². The molecule has 100 valence electrons. The summed E-state index contributed by atoms with van der Waals surface area (Å²) in [5.74, 6) is 0.741. The maximum atomic E-state index is 9.28. The Labute approximate surface area is 113 Å². The zero-order valence-corrected chi connectivity index (χ0v) is 10.7. The summed E-state index contributed by atoms with van der Waals surface area (Å²) < 4.78 is 11.2. The lowest BCUT2D eigenvalue weighted by Crippen LogP contribution is -2.27. The minimum Gasteiger partial charge on any atom is -0.486 e. The van der Waals surface area contributed by atoms with E-state index >= 15 is 0 Å². The zero-order chi connectivity index (χ0) is 13.3. The van der Waals surface area contributed by atoms with Gasteiger partial charge >= 0.3 is 0 Å². The average Bonchev–Trinajstić information content (AvgIpc) is 2.48. The molecule has 3 nitrogen and oxygen atoms in total. The van der Waals surface area contributed by atoms with Crippen LogP contribution in [0, 0.1) is 0 Å². The first kappa shape index (κ1) is 13.6. The number of ether oxygens (including phenoxy) is 2. The first-order valence-electron chi connectivity index (χ1n) is 6.32. The van der Waals surface area contributed by atoms with Gasteiger partial charge in [0.05, 0.1) is 19.8 Å². The van der Waals surface area contributed by atoms with E-state index in [9.17, 15) is 5.11 Å². The van der Waals surface area contributed by atoms with Crippen LogP contribution in [0.2, 0.25) is 0 Å². The van der Waals surface area contributed by atoms with E-state index in [0.29, 0.717) is 13.2 Å². The Hall–Kier alpha value is -1.84. The molecule has 19 heavy (non-hydrogen) atoms. The van der Waals surface area contributed by atoms with E-state index in [1.54, 1.807) is 0 Å². The van der Waals surface area contributed by atoms with Gasteiger partial charge in [-0.1, -0.05) is 48.5 Å². The largest absolute Gasteiger partial charge is 0.486 e. The maximum absolute atomic E-state index is 9.28. The minimum absolute atomic E-state index is 0.0658. The number of hydrogen-bond donors (Lipinski definition) is 1. The van der Waals surface area contributed by atoms with Crippen molar-refractivity contribution in [2.45, 2.75) is 12.7 Å². The van der Waals surface area contributed by atoms with E-state index < -0.39 is 0 Å². The summed E-state index contributed by atoms with van der Waals surface area (Å²) in [4.78, 5) is 0. The Bertz CT molecular complexity index is 456. The molecule has 1 atom stereocenters. The van der Waals surface area contributed by atoms with Gasteiger partial charge in [0.25, 0.3) is 0 Å². The fraction of sp³-hybridized carbons (Fsp3) is 0.250. The Morgan fingerprint density at radius 1 is 0.895 bits per heavy atom. The van der Waals surface area contributed by atoms with Crippen molar-refractivity contribution in [3.8, 4) is 5.75 Å². The van der Waals surface area contributed by atoms with E-state index in [1.807, 2.05) is 60.7 Å². The van der Waals surface area contributed by atoms with E-state index in [-0.39, 0.29) is 12.7 Å². The van der Waals surface area contributed by atoms with Crippen molar-refractivity contribution in [3.05, 3.63) is 66.2 Å². The molecule has 3 heteroatoms. The molecule has 0 heterocycles. The molecule has 2 rings (SSSR count). The molecule has 0 aliphatic rings. The SMILES string of the molecule is OC[C@@H](COCc1ccccc1)Oc1ccccc1. The van der Waals surface area contributed by atoms with E-state index in [1.165, 1.54) is 0 Å². The van der Waals surface area contributed by atoms with E-state index in [0.717, 1.165) is 11.3 Å². The van der Waals surface area contributed by atoms with Crippen molar-refractivity contribution < 1.29 is 14.6 Å². The highest BCUT2D eigenvalue weighted by Gasteiger charge is 2.09. The molecule has 1 N–H and O–H groups in total. The predicted octanol–water partition coefficient (Wildman–Crippen LogP) is 2.64. The quantitative estimate of drug-likeness (QED) is 0.829. The molecule has 0 aliphatic heterocycles. The second kappa shape index (κ2) is 7.56. The molecule has 0 fully saturated rings. The van der Waals surface area contributed by atoms with Crippen LogP contribution in [-0.2, 0) is 11.3 Å². The third kappa shape index (κ3) is 4.73. The summed E-state index contributed by atoms with van der Waals surface area (Å²) >= 11 is 0. The third-order valence-electron chi connectivity index (χ3n) is 2.66. The number of aliphatic hydroxyl groups excluding tert-OH is 1. The van der Waals surface area contributed by atoms with Crippen LogP contribution in [0.4, 0.5) is 0 Å². The Balaban J connectivity index is 1.77. The first-order valence-corrected chi connectivity index (χ1v) is 6.32. The lowest BCUT2D eigenvalue weighted by atomic mass is 10.2. The highest BCUT2D eigenvalue weighted by Crippen LogP contribution is 2.11.